The Bertz CT molecular complexity index is 1430. The first-order valence-corrected chi connectivity index (χ1v) is 14.3. The Labute approximate surface area is 242 Å². The number of nitrogens with zero attached hydrogens (tertiary/aromatic N) is 4. The fraction of sp³-hybridized carbons (Fsp3) is 0.433. The number of piperidine rings is 2. The predicted molar refractivity (Wildman–Crippen MR) is 150 cm³/mol. The average molecular weight is 578 g/mol. The molecular formula is C30H32FN5O6. The number of amides is 4. The zero-order valence-electron chi connectivity index (χ0n) is 23.1. The molecule has 11 nitrogen and oxygen atoms in total. The molecule has 220 valence electrons. The van der Waals surface area contributed by atoms with Crippen molar-refractivity contribution in [3.63, 3.8) is 0 Å². The number of halogens is 1. The topological polar surface area (TPSA) is 120 Å². The SMILES string of the molecule is O=COc1ccc(N2CCC(CN3CCN(c4ccc5c(c4)C(=O)N([C@H]4CCC(=O)NC4=O)C5=O)CC3)CC2)c(F)c1. The number of carbonyl (C=O) groups is 5. The van der Waals surface area contributed by atoms with Gasteiger partial charge in [-0.1, -0.05) is 0 Å². The van der Waals surface area contributed by atoms with Crippen molar-refractivity contribution in [2.75, 3.05) is 55.6 Å². The van der Waals surface area contributed by atoms with Gasteiger partial charge in [0, 0.05) is 64.0 Å². The third-order valence-corrected chi connectivity index (χ3v) is 8.74. The van der Waals surface area contributed by atoms with Crippen molar-refractivity contribution in [3.05, 3.63) is 53.3 Å². The van der Waals surface area contributed by atoms with E-state index in [4.69, 9.17) is 4.74 Å². The van der Waals surface area contributed by atoms with Crippen LogP contribution in [0.2, 0.25) is 0 Å². The van der Waals surface area contributed by atoms with E-state index in [0.29, 0.717) is 17.2 Å². The molecule has 1 N–H and O–H groups in total. The molecule has 42 heavy (non-hydrogen) atoms. The molecule has 0 spiro atoms. The molecule has 1 atom stereocenters. The van der Waals surface area contributed by atoms with Gasteiger partial charge in [0.05, 0.1) is 16.8 Å². The van der Waals surface area contributed by atoms with Crippen LogP contribution in [0.15, 0.2) is 36.4 Å². The van der Waals surface area contributed by atoms with Crippen LogP contribution in [0.4, 0.5) is 15.8 Å². The lowest BCUT2D eigenvalue weighted by atomic mass is 9.95. The molecule has 6 rings (SSSR count). The molecule has 4 amide bonds. The van der Waals surface area contributed by atoms with E-state index >= 15 is 0 Å². The molecule has 0 radical (unpaired) electrons. The van der Waals surface area contributed by atoms with Crippen molar-refractivity contribution in [3.8, 4) is 5.75 Å². The van der Waals surface area contributed by atoms with Crippen LogP contribution in [0.5, 0.6) is 5.75 Å². The first kappa shape index (κ1) is 27.8. The zero-order valence-corrected chi connectivity index (χ0v) is 23.1. The minimum absolute atomic E-state index is 0.0874. The first-order valence-electron chi connectivity index (χ1n) is 14.3. The van der Waals surface area contributed by atoms with Gasteiger partial charge in [-0.15, -0.1) is 0 Å². The molecule has 4 heterocycles. The summed E-state index contributed by atoms with van der Waals surface area (Å²) in [5.74, 6) is -1.71. The lowest BCUT2D eigenvalue weighted by molar-refractivity contribution is -0.136. The summed E-state index contributed by atoms with van der Waals surface area (Å²) < 4.78 is 19.3. The molecular weight excluding hydrogens is 545 g/mol. The van der Waals surface area contributed by atoms with Gasteiger partial charge in [0.2, 0.25) is 11.8 Å². The monoisotopic (exact) mass is 577 g/mol. The second-order valence-electron chi connectivity index (χ2n) is 11.2. The number of piperazine rings is 1. The number of benzene rings is 2. The summed E-state index contributed by atoms with van der Waals surface area (Å²) in [5, 5.41) is 2.22. The molecule has 2 aromatic rings. The van der Waals surface area contributed by atoms with Crippen molar-refractivity contribution in [2.24, 2.45) is 5.92 Å². The van der Waals surface area contributed by atoms with Gasteiger partial charge in [-0.05, 0) is 55.5 Å². The Kier molecular flexibility index (Phi) is 7.63. The largest absolute Gasteiger partial charge is 0.429 e. The molecule has 12 heteroatoms. The van der Waals surface area contributed by atoms with Crippen molar-refractivity contribution in [1.82, 2.24) is 15.1 Å². The third-order valence-electron chi connectivity index (χ3n) is 8.74. The van der Waals surface area contributed by atoms with Gasteiger partial charge >= 0.3 is 0 Å². The summed E-state index contributed by atoms with van der Waals surface area (Å²) in [6, 6.07) is 8.76. The number of hydrogen-bond donors (Lipinski definition) is 1. The lowest BCUT2D eigenvalue weighted by Crippen LogP contribution is -2.54. The van der Waals surface area contributed by atoms with Gasteiger partial charge in [-0.25, -0.2) is 4.39 Å². The molecule has 0 saturated carbocycles. The Morgan fingerprint density at radius 3 is 2.29 bits per heavy atom. The number of nitrogens with one attached hydrogen (secondary N) is 1. The van der Waals surface area contributed by atoms with E-state index in [1.807, 2.05) is 11.0 Å². The fourth-order valence-electron chi connectivity index (χ4n) is 6.44. The van der Waals surface area contributed by atoms with Crippen LogP contribution in [0.3, 0.4) is 0 Å². The van der Waals surface area contributed by atoms with Crippen LogP contribution in [-0.2, 0) is 14.4 Å². The van der Waals surface area contributed by atoms with E-state index in [-0.39, 0.29) is 30.6 Å². The summed E-state index contributed by atoms with van der Waals surface area (Å²) >= 11 is 0. The van der Waals surface area contributed by atoms with Crippen molar-refractivity contribution >= 4 is 41.5 Å². The third kappa shape index (κ3) is 5.34. The van der Waals surface area contributed by atoms with E-state index in [1.165, 1.54) is 6.07 Å². The van der Waals surface area contributed by atoms with Crippen molar-refractivity contribution < 1.29 is 33.1 Å². The molecule has 4 aliphatic rings. The number of fused-ring (bicyclic) bond motifs is 1. The molecule has 0 aromatic heterocycles. The van der Waals surface area contributed by atoms with Crippen LogP contribution in [0, 0.1) is 11.7 Å². The van der Waals surface area contributed by atoms with Gasteiger partial charge in [0.1, 0.15) is 17.6 Å². The van der Waals surface area contributed by atoms with E-state index in [1.54, 1.807) is 24.3 Å². The lowest BCUT2D eigenvalue weighted by Gasteiger charge is -2.40. The number of carbonyl (C=O) groups excluding carboxylic acids is 5. The van der Waals surface area contributed by atoms with E-state index in [9.17, 15) is 28.4 Å². The van der Waals surface area contributed by atoms with Crippen molar-refractivity contribution in [2.45, 2.75) is 31.7 Å². The second-order valence-corrected chi connectivity index (χ2v) is 11.2. The molecule has 3 saturated heterocycles. The molecule has 4 aliphatic heterocycles. The summed E-state index contributed by atoms with van der Waals surface area (Å²) in [4.78, 5) is 68.2. The molecule has 3 fully saturated rings. The molecule has 0 bridgehead atoms. The molecule has 0 unspecified atom stereocenters. The van der Waals surface area contributed by atoms with Gasteiger partial charge in [0.25, 0.3) is 18.3 Å². The summed E-state index contributed by atoms with van der Waals surface area (Å²) in [6.07, 6.45) is 2.13. The highest BCUT2D eigenvalue weighted by molar-refractivity contribution is 6.23. The van der Waals surface area contributed by atoms with Crippen LogP contribution < -0.4 is 19.9 Å². The minimum atomic E-state index is -0.975. The summed E-state index contributed by atoms with van der Waals surface area (Å²) in [5.41, 5.74) is 1.96. The second kappa shape index (κ2) is 11.5. The quantitative estimate of drug-likeness (QED) is 0.388. The summed E-state index contributed by atoms with van der Waals surface area (Å²) in [6.45, 7) is 6.04. The maximum atomic E-state index is 14.5. The zero-order chi connectivity index (χ0) is 29.4. The van der Waals surface area contributed by atoms with Crippen LogP contribution in [0.25, 0.3) is 0 Å². The van der Waals surface area contributed by atoms with Crippen molar-refractivity contribution in [1.29, 1.82) is 0 Å². The average Bonchev–Trinajstić information content (AvgIpc) is 3.23. The Hall–Kier alpha value is -4.32. The standard InChI is InChI=1S/C30H32FN5O6/c31-24-16-21(42-18-37)2-4-25(24)35-9-7-19(8-10-35)17-33-11-13-34(14-12-33)20-1-3-22-23(15-20)30(41)36(29(22)40)26-5-6-27(38)32-28(26)39/h1-4,15-16,18-19,26H,5-14,17H2,(H,32,38,39)/t26-/m0/s1. The fourth-order valence-corrected chi connectivity index (χ4v) is 6.44. The molecule has 0 aliphatic carbocycles. The maximum Gasteiger partial charge on any atom is 0.298 e. The normalized spacial score (nSPS) is 21.9. The first-order chi connectivity index (χ1) is 20.3. The molecule has 2 aromatic carbocycles. The Morgan fingerprint density at radius 1 is 0.857 bits per heavy atom. The van der Waals surface area contributed by atoms with E-state index < -0.39 is 35.5 Å². The number of hydrogen-bond acceptors (Lipinski definition) is 9. The highest BCUT2D eigenvalue weighted by Gasteiger charge is 2.44. The van der Waals surface area contributed by atoms with Crippen LogP contribution in [0.1, 0.15) is 46.4 Å². The number of ether oxygens (including phenoxy) is 1. The highest BCUT2D eigenvalue weighted by Crippen LogP contribution is 2.32. The van der Waals surface area contributed by atoms with Crippen LogP contribution in [-0.4, -0.2) is 91.8 Å². The number of anilines is 2. The van der Waals surface area contributed by atoms with Gasteiger partial charge in [-0.2, -0.15) is 0 Å². The predicted octanol–water partition coefficient (Wildman–Crippen LogP) is 1.80. The summed E-state index contributed by atoms with van der Waals surface area (Å²) in [7, 11) is 0. The number of rotatable bonds is 7. The van der Waals surface area contributed by atoms with Gasteiger partial charge < -0.3 is 14.5 Å². The highest BCUT2D eigenvalue weighted by atomic mass is 19.1. The maximum absolute atomic E-state index is 14.5. The smallest absolute Gasteiger partial charge is 0.298 e. The van der Waals surface area contributed by atoms with Gasteiger partial charge in [-0.3, -0.25) is 39.1 Å². The Balaban J connectivity index is 1.01. The minimum Gasteiger partial charge on any atom is -0.429 e. The number of imide groups is 2. The van der Waals surface area contributed by atoms with Crippen LogP contribution >= 0.6 is 0 Å². The van der Waals surface area contributed by atoms with E-state index in [0.717, 1.165) is 69.2 Å². The van der Waals surface area contributed by atoms with Gasteiger partial charge in [0.15, 0.2) is 0 Å². The Morgan fingerprint density at radius 2 is 1.60 bits per heavy atom. The van der Waals surface area contributed by atoms with E-state index in [2.05, 4.69) is 15.1 Å².